The van der Waals surface area contributed by atoms with Gasteiger partial charge in [-0.3, -0.25) is 9.59 Å². The molecule has 26 heavy (non-hydrogen) atoms. The Morgan fingerprint density at radius 3 is 2.65 bits per heavy atom. The smallest absolute Gasteiger partial charge is 0.345 e. The van der Waals surface area contributed by atoms with E-state index < -0.39 is 5.69 Å². The van der Waals surface area contributed by atoms with Crippen LogP contribution in [0.5, 0.6) is 0 Å². The molecule has 0 unspecified atom stereocenters. The van der Waals surface area contributed by atoms with Crippen LogP contribution in [0.4, 0.5) is 0 Å². The average Bonchev–Trinajstić information content (AvgIpc) is 2.57. The molecule has 0 aromatic carbocycles. The van der Waals surface area contributed by atoms with Crippen LogP contribution in [0.1, 0.15) is 42.9 Å². The van der Waals surface area contributed by atoms with Crippen molar-refractivity contribution in [3.63, 3.8) is 0 Å². The Bertz CT molecular complexity index is 750. The molecule has 2 amide bonds. The number of likely N-dealkylation sites (N-methyl/N-ethyl adjacent to an activating group) is 1. The summed E-state index contributed by atoms with van der Waals surface area (Å²) < 4.78 is 5.81. The van der Waals surface area contributed by atoms with E-state index in [1.54, 1.807) is 22.9 Å². The van der Waals surface area contributed by atoms with Crippen molar-refractivity contribution in [2.45, 2.75) is 38.7 Å². The van der Waals surface area contributed by atoms with Gasteiger partial charge in [0.05, 0.1) is 5.60 Å². The van der Waals surface area contributed by atoms with Gasteiger partial charge in [-0.15, -0.1) is 0 Å². The van der Waals surface area contributed by atoms with Gasteiger partial charge < -0.3 is 19.5 Å². The number of aromatic amines is 1. The summed E-state index contributed by atoms with van der Waals surface area (Å²) in [4.78, 5) is 46.1. The monoisotopic (exact) mass is 362 g/mol. The first-order valence-electron chi connectivity index (χ1n) is 9.05. The second-order valence-electron chi connectivity index (χ2n) is 7.71. The molecule has 0 bridgehead atoms. The van der Waals surface area contributed by atoms with Crippen molar-refractivity contribution in [1.29, 1.82) is 0 Å². The van der Waals surface area contributed by atoms with E-state index in [1.807, 2.05) is 0 Å². The molecule has 2 aliphatic heterocycles. The first kappa shape index (κ1) is 18.6. The second-order valence-corrected chi connectivity index (χ2v) is 7.71. The van der Waals surface area contributed by atoms with Crippen molar-refractivity contribution in [1.82, 2.24) is 19.8 Å². The molecule has 2 fully saturated rings. The third-order valence-electron chi connectivity index (χ3n) is 5.06. The molecule has 0 atom stereocenters. The first-order valence-corrected chi connectivity index (χ1v) is 9.05. The van der Waals surface area contributed by atoms with E-state index in [0.717, 1.165) is 5.69 Å². The topological polar surface area (TPSA) is 95.6 Å². The molecular formula is C18H26N4O4. The number of piperidine rings is 1. The van der Waals surface area contributed by atoms with Gasteiger partial charge in [0.2, 0.25) is 5.91 Å². The number of amides is 2. The normalized spacial score (nSPS) is 20.1. The molecule has 2 saturated heterocycles. The molecule has 3 heterocycles. The minimum atomic E-state index is -0.490. The Morgan fingerprint density at radius 2 is 2.04 bits per heavy atom. The van der Waals surface area contributed by atoms with Crippen molar-refractivity contribution in [3.05, 3.63) is 27.9 Å². The minimum absolute atomic E-state index is 0.0143. The molecule has 142 valence electrons. The standard InChI is InChI=1S/C18H26N4O4/c1-12(2)8-13-9-14(20-17(25)19-13)16(24)22-6-4-18(5-7-22)11-21(3)15(23)10-26-18/h9,12H,4-8,10-11H2,1-3H3,(H,19,20,25). The van der Waals surface area contributed by atoms with Gasteiger partial charge in [0.1, 0.15) is 12.3 Å². The number of aromatic nitrogens is 2. The number of ether oxygens (including phenoxy) is 1. The first-order chi connectivity index (χ1) is 12.3. The summed E-state index contributed by atoms with van der Waals surface area (Å²) in [6.07, 6.45) is 2.02. The van der Waals surface area contributed by atoms with Crippen LogP contribution in [0, 0.1) is 5.92 Å². The molecule has 1 spiro atoms. The summed E-state index contributed by atoms with van der Waals surface area (Å²) in [5.74, 6) is 0.129. The number of H-pyrrole nitrogens is 1. The summed E-state index contributed by atoms with van der Waals surface area (Å²) in [5, 5.41) is 0. The fraction of sp³-hybridized carbons (Fsp3) is 0.667. The van der Waals surface area contributed by atoms with Gasteiger partial charge >= 0.3 is 5.69 Å². The predicted octanol–water partition coefficient (Wildman–Crippen LogP) is 0.432. The van der Waals surface area contributed by atoms with Crippen LogP contribution in [0.25, 0.3) is 0 Å². The number of carbonyl (C=O) groups is 2. The summed E-state index contributed by atoms with van der Waals surface area (Å²) >= 11 is 0. The van der Waals surface area contributed by atoms with Gasteiger partial charge in [-0.2, -0.15) is 4.98 Å². The summed E-state index contributed by atoms with van der Waals surface area (Å²) in [6, 6.07) is 1.68. The Kier molecular flexibility index (Phi) is 5.13. The maximum atomic E-state index is 12.8. The van der Waals surface area contributed by atoms with Crippen LogP contribution in [-0.2, 0) is 16.0 Å². The quantitative estimate of drug-likeness (QED) is 0.841. The zero-order chi connectivity index (χ0) is 18.9. The number of likely N-dealkylation sites (tertiary alicyclic amines) is 1. The fourth-order valence-electron chi connectivity index (χ4n) is 3.64. The van der Waals surface area contributed by atoms with Gasteiger partial charge in [-0.1, -0.05) is 13.8 Å². The zero-order valence-electron chi connectivity index (χ0n) is 15.6. The highest BCUT2D eigenvalue weighted by molar-refractivity contribution is 5.92. The second kappa shape index (κ2) is 7.19. The molecular weight excluding hydrogens is 336 g/mol. The number of rotatable bonds is 3. The third kappa shape index (κ3) is 3.95. The Hall–Kier alpha value is -2.22. The van der Waals surface area contributed by atoms with Crippen LogP contribution in [-0.4, -0.2) is 70.5 Å². The lowest BCUT2D eigenvalue weighted by Crippen LogP contribution is -2.58. The molecule has 0 saturated carbocycles. The van der Waals surface area contributed by atoms with Crippen molar-refractivity contribution >= 4 is 11.8 Å². The molecule has 1 aromatic heterocycles. The molecule has 1 aromatic rings. The van der Waals surface area contributed by atoms with E-state index >= 15 is 0 Å². The lowest BCUT2D eigenvalue weighted by Gasteiger charge is -2.46. The van der Waals surface area contributed by atoms with E-state index in [2.05, 4.69) is 23.8 Å². The number of nitrogens with zero attached hydrogens (tertiary/aromatic N) is 3. The third-order valence-corrected chi connectivity index (χ3v) is 5.06. The van der Waals surface area contributed by atoms with Gasteiger partial charge in [0.15, 0.2) is 0 Å². The minimum Gasteiger partial charge on any atom is -0.363 e. The highest BCUT2D eigenvalue weighted by Gasteiger charge is 2.42. The van der Waals surface area contributed by atoms with Gasteiger partial charge in [-0.25, -0.2) is 4.79 Å². The Labute approximate surface area is 152 Å². The number of hydrogen-bond acceptors (Lipinski definition) is 5. The van der Waals surface area contributed by atoms with Crippen LogP contribution in [0.3, 0.4) is 0 Å². The molecule has 8 nitrogen and oxygen atoms in total. The molecule has 1 N–H and O–H groups in total. The molecule has 2 aliphatic rings. The van der Waals surface area contributed by atoms with E-state index in [1.165, 1.54) is 0 Å². The maximum Gasteiger partial charge on any atom is 0.345 e. The van der Waals surface area contributed by atoms with E-state index in [9.17, 15) is 14.4 Å². The molecule has 0 radical (unpaired) electrons. The summed E-state index contributed by atoms with van der Waals surface area (Å²) in [5.41, 5.74) is 0.0598. The SMILES string of the molecule is CC(C)Cc1cc(C(=O)N2CCC3(CC2)CN(C)C(=O)CO3)nc(=O)[nH]1. The maximum absolute atomic E-state index is 12.8. The van der Waals surface area contributed by atoms with Crippen LogP contribution < -0.4 is 5.69 Å². The summed E-state index contributed by atoms with van der Waals surface area (Å²) in [7, 11) is 1.78. The van der Waals surface area contributed by atoms with E-state index in [0.29, 0.717) is 44.8 Å². The largest absolute Gasteiger partial charge is 0.363 e. The van der Waals surface area contributed by atoms with Gasteiger partial charge in [0.25, 0.3) is 5.91 Å². The number of carbonyl (C=O) groups excluding carboxylic acids is 2. The van der Waals surface area contributed by atoms with Gasteiger partial charge in [0, 0.05) is 32.4 Å². The lowest BCUT2D eigenvalue weighted by atomic mass is 9.89. The molecule has 0 aliphatic carbocycles. The zero-order valence-corrected chi connectivity index (χ0v) is 15.6. The Balaban J connectivity index is 1.68. The molecule has 3 rings (SSSR count). The van der Waals surface area contributed by atoms with Crippen molar-refractivity contribution in [2.24, 2.45) is 5.92 Å². The van der Waals surface area contributed by atoms with Gasteiger partial charge in [-0.05, 0) is 31.2 Å². The van der Waals surface area contributed by atoms with Crippen molar-refractivity contribution in [3.8, 4) is 0 Å². The average molecular weight is 362 g/mol. The lowest BCUT2D eigenvalue weighted by molar-refractivity contribution is -0.167. The fourth-order valence-corrected chi connectivity index (χ4v) is 3.64. The van der Waals surface area contributed by atoms with Crippen molar-refractivity contribution in [2.75, 3.05) is 33.3 Å². The summed E-state index contributed by atoms with van der Waals surface area (Å²) in [6.45, 7) is 5.80. The predicted molar refractivity (Wildman–Crippen MR) is 94.9 cm³/mol. The highest BCUT2D eigenvalue weighted by Crippen LogP contribution is 2.30. The van der Waals surface area contributed by atoms with E-state index in [-0.39, 0.29) is 29.7 Å². The van der Waals surface area contributed by atoms with Crippen LogP contribution >= 0.6 is 0 Å². The van der Waals surface area contributed by atoms with E-state index in [4.69, 9.17) is 4.74 Å². The Morgan fingerprint density at radius 1 is 1.35 bits per heavy atom. The van der Waals surface area contributed by atoms with Crippen LogP contribution in [0.2, 0.25) is 0 Å². The number of morpholine rings is 1. The number of nitrogens with one attached hydrogen (secondary N) is 1. The molecule has 8 heteroatoms. The highest BCUT2D eigenvalue weighted by atomic mass is 16.5. The van der Waals surface area contributed by atoms with Crippen molar-refractivity contribution < 1.29 is 14.3 Å². The van der Waals surface area contributed by atoms with Crippen LogP contribution in [0.15, 0.2) is 10.9 Å². The number of hydrogen-bond donors (Lipinski definition) is 1.